The van der Waals surface area contributed by atoms with Crippen molar-refractivity contribution in [3.8, 4) is 11.4 Å². The van der Waals surface area contributed by atoms with Crippen LogP contribution in [0.25, 0.3) is 22.4 Å². The number of rotatable bonds is 6. The number of H-pyrrole nitrogens is 1. The molecule has 14 heteroatoms. The standard InChI is InChI=1S/C19H19ClF4N6O2S/c20-11-5-13-14(9-27-17(13)26-7-11)18-28-15(21)6-16(29-18)25-8-12-3-1-2-4-30(12)33(31,32)10-19(22,23)24/h5-7,9,12H,1-4,8,10H2,(H,26,27)(H,25,28,29)/t12-/m1/s1. The first-order chi connectivity index (χ1) is 15.5. The minimum absolute atomic E-state index is 0.00273. The van der Waals surface area contributed by atoms with E-state index in [-0.39, 0.29) is 24.7 Å². The molecule has 3 aromatic rings. The molecule has 0 amide bonds. The number of fused-ring (bicyclic) bond motifs is 1. The van der Waals surface area contributed by atoms with Crippen molar-refractivity contribution in [3.05, 3.63) is 35.5 Å². The zero-order chi connectivity index (χ0) is 23.8. The van der Waals surface area contributed by atoms with E-state index in [0.29, 0.717) is 40.9 Å². The first-order valence-electron chi connectivity index (χ1n) is 9.99. The summed E-state index contributed by atoms with van der Waals surface area (Å²) >= 11 is 6.00. The first kappa shape index (κ1) is 23.6. The molecule has 0 saturated carbocycles. The minimum Gasteiger partial charge on any atom is -0.368 e. The van der Waals surface area contributed by atoms with Gasteiger partial charge in [0.2, 0.25) is 16.0 Å². The van der Waals surface area contributed by atoms with Gasteiger partial charge >= 0.3 is 6.18 Å². The number of piperidine rings is 1. The molecule has 1 fully saturated rings. The molecule has 0 bridgehead atoms. The largest absolute Gasteiger partial charge is 0.404 e. The maximum absolute atomic E-state index is 14.2. The van der Waals surface area contributed by atoms with Gasteiger partial charge in [-0.05, 0) is 18.9 Å². The fourth-order valence-corrected chi connectivity index (χ4v) is 5.63. The average Bonchev–Trinajstić information content (AvgIpc) is 3.13. The zero-order valence-electron chi connectivity index (χ0n) is 17.0. The van der Waals surface area contributed by atoms with Crippen molar-refractivity contribution < 1.29 is 26.0 Å². The Kier molecular flexibility index (Phi) is 6.47. The first-order valence-corrected chi connectivity index (χ1v) is 12.0. The third-order valence-corrected chi connectivity index (χ3v) is 7.32. The average molecular weight is 507 g/mol. The Morgan fingerprint density at radius 3 is 2.79 bits per heavy atom. The molecule has 0 unspecified atom stereocenters. The van der Waals surface area contributed by atoms with E-state index in [1.54, 1.807) is 12.3 Å². The van der Waals surface area contributed by atoms with Crippen molar-refractivity contribution in [2.75, 3.05) is 24.2 Å². The molecule has 178 valence electrons. The van der Waals surface area contributed by atoms with Gasteiger partial charge in [0.25, 0.3) is 0 Å². The molecule has 0 aromatic carbocycles. The van der Waals surface area contributed by atoms with Crippen molar-refractivity contribution in [1.29, 1.82) is 0 Å². The smallest absolute Gasteiger partial charge is 0.368 e. The molecule has 0 aliphatic carbocycles. The predicted molar refractivity (Wildman–Crippen MR) is 115 cm³/mol. The predicted octanol–water partition coefficient (Wildman–Crippen LogP) is 3.97. The highest BCUT2D eigenvalue weighted by atomic mass is 35.5. The van der Waals surface area contributed by atoms with Crippen LogP contribution in [0.2, 0.25) is 5.02 Å². The monoisotopic (exact) mass is 506 g/mol. The van der Waals surface area contributed by atoms with E-state index in [4.69, 9.17) is 11.6 Å². The van der Waals surface area contributed by atoms with Gasteiger partial charge in [0.05, 0.1) is 5.02 Å². The number of aromatic nitrogens is 4. The van der Waals surface area contributed by atoms with E-state index in [2.05, 4.69) is 25.3 Å². The van der Waals surface area contributed by atoms with Crippen LogP contribution < -0.4 is 5.32 Å². The van der Waals surface area contributed by atoms with Gasteiger partial charge in [-0.1, -0.05) is 18.0 Å². The summed E-state index contributed by atoms with van der Waals surface area (Å²) in [5, 5.41) is 3.80. The Labute approximate surface area is 191 Å². The number of anilines is 1. The third-order valence-electron chi connectivity index (χ3n) is 5.23. The molecule has 1 aliphatic heterocycles. The number of hydrogen-bond donors (Lipinski definition) is 2. The van der Waals surface area contributed by atoms with Crippen molar-refractivity contribution >= 4 is 38.5 Å². The lowest BCUT2D eigenvalue weighted by Gasteiger charge is -2.35. The van der Waals surface area contributed by atoms with E-state index >= 15 is 0 Å². The molecule has 1 saturated heterocycles. The van der Waals surface area contributed by atoms with E-state index in [0.717, 1.165) is 10.4 Å². The second-order valence-electron chi connectivity index (χ2n) is 7.66. The van der Waals surface area contributed by atoms with Crippen LogP contribution >= 0.6 is 11.6 Å². The number of aromatic amines is 1. The van der Waals surface area contributed by atoms with Crippen molar-refractivity contribution in [3.63, 3.8) is 0 Å². The summed E-state index contributed by atoms with van der Waals surface area (Å²) in [6.07, 6.45) is -0.327. The molecule has 3 aromatic heterocycles. The van der Waals surface area contributed by atoms with Crippen LogP contribution in [0.3, 0.4) is 0 Å². The minimum atomic E-state index is -4.84. The number of sulfonamides is 1. The Hall–Kier alpha value is -2.51. The molecule has 0 radical (unpaired) electrons. The van der Waals surface area contributed by atoms with Crippen LogP contribution in [0.5, 0.6) is 0 Å². The van der Waals surface area contributed by atoms with Gasteiger partial charge in [0.15, 0.2) is 11.6 Å². The molecule has 33 heavy (non-hydrogen) atoms. The van der Waals surface area contributed by atoms with Crippen molar-refractivity contribution in [1.82, 2.24) is 24.2 Å². The Bertz CT molecular complexity index is 1270. The summed E-state index contributed by atoms with van der Waals surface area (Å²) in [7, 11) is -4.54. The van der Waals surface area contributed by atoms with E-state index < -0.39 is 33.9 Å². The molecule has 8 nitrogen and oxygen atoms in total. The number of hydrogen-bond acceptors (Lipinski definition) is 6. The molecular formula is C19H19ClF4N6O2S. The van der Waals surface area contributed by atoms with Crippen LogP contribution in [0.15, 0.2) is 24.5 Å². The Morgan fingerprint density at radius 1 is 1.24 bits per heavy atom. The van der Waals surface area contributed by atoms with Gasteiger partial charge in [-0.2, -0.15) is 26.9 Å². The third kappa shape index (κ3) is 5.53. The summed E-state index contributed by atoms with van der Waals surface area (Å²) in [5.41, 5.74) is 0.957. The topological polar surface area (TPSA) is 104 Å². The molecule has 4 heterocycles. The van der Waals surface area contributed by atoms with Crippen LogP contribution in [0.4, 0.5) is 23.4 Å². The molecule has 1 aliphatic rings. The highest BCUT2D eigenvalue weighted by Gasteiger charge is 2.41. The lowest BCUT2D eigenvalue weighted by Crippen LogP contribution is -2.49. The van der Waals surface area contributed by atoms with Gasteiger partial charge in [0.1, 0.15) is 11.5 Å². The summed E-state index contributed by atoms with van der Waals surface area (Å²) in [6.45, 7) is -0.0362. The number of nitrogens with one attached hydrogen (secondary N) is 2. The number of alkyl halides is 3. The van der Waals surface area contributed by atoms with Gasteiger partial charge in [0, 0.05) is 48.5 Å². The normalized spacial score (nSPS) is 18.0. The fraction of sp³-hybridized carbons (Fsp3) is 0.421. The van der Waals surface area contributed by atoms with Crippen LogP contribution in [-0.4, -0.2) is 63.7 Å². The van der Waals surface area contributed by atoms with Crippen LogP contribution in [0, 0.1) is 5.95 Å². The summed E-state index contributed by atoms with van der Waals surface area (Å²) in [5.74, 6) is -2.64. The Morgan fingerprint density at radius 2 is 2.03 bits per heavy atom. The van der Waals surface area contributed by atoms with Gasteiger partial charge in [-0.25, -0.2) is 18.4 Å². The Balaban J connectivity index is 1.56. The van der Waals surface area contributed by atoms with E-state index in [1.807, 2.05) is 0 Å². The summed E-state index contributed by atoms with van der Waals surface area (Å²) in [4.78, 5) is 15.1. The van der Waals surface area contributed by atoms with Gasteiger partial charge in [-0.3, -0.25) is 0 Å². The van der Waals surface area contributed by atoms with E-state index in [1.165, 1.54) is 6.20 Å². The van der Waals surface area contributed by atoms with Crippen LogP contribution in [-0.2, 0) is 10.0 Å². The maximum Gasteiger partial charge on any atom is 0.404 e. The van der Waals surface area contributed by atoms with Gasteiger partial charge < -0.3 is 10.3 Å². The van der Waals surface area contributed by atoms with Crippen molar-refractivity contribution in [2.45, 2.75) is 31.5 Å². The summed E-state index contributed by atoms with van der Waals surface area (Å²) in [6, 6.07) is 1.94. The molecule has 4 rings (SSSR count). The SMILES string of the molecule is O=S(=O)(CC(F)(F)F)N1CCCC[C@@H]1CNc1cc(F)nc(-c2c[nH]c3ncc(Cl)cc23)n1. The van der Waals surface area contributed by atoms with Crippen molar-refractivity contribution in [2.24, 2.45) is 0 Å². The van der Waals surface area contributed by atoms with E-state index in [9.17, 15) is 26.0 Å². The lowest BCUT2D eigenvalue weighted by atomic mass is 10.1. The number of nitrogens with zero attached hydrogens (tertiary/aromatic N) is 4. The van der Waals surface area contributed by atoms with Crippen LogP contribution in [0.1, 0.15) is 19.3 Å². The highest BCUT2D eigenvalue weighted by Crippen LogP contribution is 2.29. The fourth-order valence-electron chi connectivity index (χ4n) is 3.85. The molecular weight excluding hydrogens is 488 g/mol. The van der Waals surface area contributed by atoms with Gasteiger partial charge in [-0.15, -0.1) is 0 Å². The maximum atomic E-state index is 14.2. The zero-order valence-corrected chi connectivity index (χ0v) is 18.6. The lowest BCUT2D eigenvalue weighted by molar-refractivity contribution is -0.107. The quantitative estimate of drug-likeness (QED) is 0.387. The molecule has 0 spiro atoms. The highest BCUT2D eigenvalue weighted by molar-refractivity contribution is 7.89. The molecule has 2 N–H and O–H groups in total. The number of pyridine rings is 1. The summed E-state index contributed by atoms with van der Waals surface area (Å²) < 4.78 is 78.0. The second kappa shape index (κ2) is 9.03. The number of halogens is 5. The second-order valence-corrected chi connectivity index (χ2v) is 10.0. The molecule has 1 atom stereocenters.